The molecular formula is C14H21NO3S. The molecule has 0 amide bonds. The first-order valence-electron chi connectivity index (χ1n) is 6.48. The summed E-state index contributed by atoms with van der Waals surface area (Å²) in [6.45, 7) is 2.05. The Balaban J connectivity index is 2.13. The standard InChI is InChI=1S/C14H21NO3S/c1-10-8-13(17-2)14(18-3)9-12(10)15-11-4-6-19(16)7-5-11/h8-9,11,15H,4-7H2,1-3H3. The first kappa shape index (κ1) is 14.2. The van der Waals surface area contributed by atoms with Gasteiger partial charge in [0.1, 0.15) is 0 Å². The van der Waals surface area contributed by atoms with Crippen molar-refractivity contribution in [1.29, 1.82) is 0 Å². The van der Waals surface area contributed by atoms with Gasteiger partial charge in [0, 0.05) is 40.1 Å². The molecular weight excluding hydrogens is 262 g/mol. The van der Waals surface area contributed by atoms with Crippen LogP contribution in [0.25, 0.3) is 0 Å². The third kappa shape index (κ3) is 3.41. The number of benzene rings is 1. The molecule has 0 radical (unpaired) electrons. The molecule has 0 unspecified atom stereocenters. The first-order valence-corrected chi connectivity index (χ1v) is 7.97. The summed E-state index contributed by atoms with van der Waals surface area (Å²) in [5, 5.41) is 3.53. The van der Waals surface area contributed by atoms with Gasteiger partial charge in [0.2, 0.25) is 0 Å². The second-order valence-electron chi connectivity index (χ2n) is 4.79. The van der Waals surface area contributed by atoms with E-state index in [1.807, 2.05) is 19.1 Å². The van der Waals surface area contributed by atoms with Crippen molar-refractivity contribution in [2.75, 3.05) is 31.0 Å². The Morgan fingerprint density at radius 3 is 2.32 bits per heavy atom. The van der Waals surface area contributed by atoms with Crippen LogP contribution in [-0.4, -0.2) is 36.0 Å². The molecule has 0 aliphatic carbocycles. The first-order chi connectivity index (χ1) is 9.13. The van der Waals surface area contributed by atoms with Crippen molar-refractivity contribution >= 4 is 16.5 Å². The highest BCUT2D eigenvalue weighted by Crippen LogP contribution is 2.33. The van der Waals surface area contributed by atoms with Gasteiger partial charge in [-0.25, -0.2) is 0 Å². The second kappa shape index (κ2) is 6.28. The normalized spacial score (nSPS) is 22.9. The van der Waals surface area contributed by atoms with E-state index < -0.39 is 10.8 Å². The summed E-state index contributed by atoms with van der Waals surface area (Å²) in [5.41, 5.74) is 2.19. The van der Waals surface area contributed by atoms with Crippen molar-refractivity contribution in [3.05, 3.63) is 17.7 Å². The molecule has 1 aromatic rings. The van der Waals surface area contributed by atoms with Crippen LogP contribution in [0.5, 0.6) is 11.5 Å². The zero-order valence-electron chi connectivity index (χ0n) is 11.7. The van der Waals surface area contributed by atoms with E-state index in [1.54, 1.807) is 14.2 Å². The fourth-order valence-electron chi connectivity index (χ4n) is 2.29. The molecule has 1 heterocycles. The summed E-state index contributed by atoms with van der Waals surface area (Å²) in [5.74, 6) is 3.07. The summed E-state index contributed by atoms with van der Waals surface area (Å²) in [4.78, 5) is 0. The molecule has 1 aliphatic heterocycles. The molecule has 1 aliphatic rings. The summed E-state index contributed by atoms with van der Waals surface area (Å²) < 4.78 is 22.0. The van der Waals surface area contributed by atoms with E-state index in [9.17, 15) is 4.21 Å². The van der Waals surface area contributed by atoms with Crippen molar-refractivity contribution in [1.82, 2.24) is 0 Å². The fraction of sp³-hybridized carbons (Fsp3) is 0.571. The van der Waals surface area contributed by atoms with Gasteiger partial charge in [-0.3, -0.25) is 4.21 Å². The number of ether oxygens (including phenoxy) is 2. The molecule has 106 valence electrons. The Hall–Kier alpha value is -1.23. The van der Waals surface area contributed by atoms with Gasteiger partial charge in [0.05, 0.1) is 14.2 Å². The molecule has 0 spiro atoms. The molecule has 5 heteroatoms. The van der Waals surface area contributed by atoms with E-state index >= 15 is 0 Å². The smallest absolute Gasteiger partial charge is 0.162 e. The van der Waals surface area contributed by atoms with E-state index in [0.29, 0.717) is 6.04 Å². The van der Waals surface area contributed by atoms with Gasteiger partial charge in [-0.15, -0.1) is 0 Å². The van der Waals surface area contributed by atoms with Crippen LogP contribution >= 0.6 is 0 Å². The summed E-state index contributed by atoms with van der Waals surface area (Å²) in [6.07, 6.45) is 1.92. The summed E-state index contributed by atoms with van der Waals surface area (Å²) in [6, 6.07) is 4.34. The minimum Gasteiger partial charge on any atom is -0.493 e. The van der Waals surface area contributed by atoms with E-state index in [2.05, 4.69) is 5.32 Å². The number of hydrogen-bond donors (Lipinski definition) is 1. The second-order valence-corrected chi connectivity index (χ2v) is 6.48. The third-order valence-corrected chi connectivity index (χ3v) is 4.86. The lowest BCUT2D eigenvalue weighted by atomic mass is 10.1. The van der Waals surface area contributed by atoms with Gasteiger partial charge in [-0.1, -0.05) is 0 Å². The quantitative estimate of drug-likeness (QED) is 0.921. The van der Waals surface area contributed by atoms with Crippen LogP contribution in [0.2, 0.25) is 0 Å². The lowest BCUT2D eigenvalue weighted by Gasteiger charge is -2.25. The number of rotatable bonds is 4. The van der Waals surface area contributed by atoms with E-state index in [1.165, 1.54) is 0 Å². The van der Waals surface area contributed by atoms with Gasteiger partial charge < -0.3 is 14.8 Å². The molecule has 0 saturated carbocycles. The minimum absolute atomic E-state index is 0.398. The van der Waals surface area contributed by atoms with Gasteiger partial charge >= 0.3 is 0 Å². The van der Waals surface area contributed by atoms with E-state index in [4.69, 9.17) is 9.47 Å². The Labute approximate surface area is 116 Å². The van der Waals surface area contributed by atoms with Crippen molar-refractivity contribution in [3.8, 4) is 11.5 Å². The molecule has 0 aromatic heterocycles. The largest absolute Gasteiger partial charge is 0.493 e. The maximum atomic E-state index is 11.4. The topological polar surface area (TPSA) is 47.6 Å². The van der Waals surface area contributed by atoms with Gasteiger partial charge in [-0.05, 0) is 31.4 Å². The van der Waals surface area contributed by atoms with Crippen LogP contribution in [0.15, 0.2) is 12.1 Å². The highest BCUT2D eigenvalue weighted by atomic mass is 32.2. The number of aryl methyl sites for hydroxylation is 1. The van der Waals surface area contributed by atoms with Crippen LogP contribution in [0.4, 0.5) is 5.69 Å². The van der Waals surface area contributed by atoms with Crippen LogP contribution in [0, 0.1) is 6.92 Å². The maximum Gasteiger partial charge on any atom is 0.162 e. The molecule has 2 rings (SSSR count). The molecule has 0 bridgehead atoms. The summed E-state index contributed by atoms with van der Waals surface area (Å²) >= 11 is 0. The fourth-order valence-corrected chi connectivity index (χ4v) is 3.59. The molecule has 19 heavy (non-hydrogen) atoms. The number of hydrogen-bond acceptors (Lipinski definition) is 4. The van der Waals surface area contributed by atoms with Crippen LogP contribution in [0.1, 0.15) is 18.4 Å². The zero-order chi connectivity index (χ0) is 13.8. The van der Waals surface area contributed by atoms with Crippen LogP contribution < -0.4 is 14.8 Å². The molecule has 1 saturated heterocycles. The molecule has 1 N–H and O–H groups in total. The van der Waals surface area contributed by atoms with Gasteiger partial charge in [-0.2, -0.15) is 0 Å². The Bertz CT molecular complexity index is 466. The molecule has 1 aromatic carbocycles. The van der Waals surface area contributed by atoms with E-state index in [-0.39, 0.29) is 0 Å². The third-order valence-electron chi connectivity index (χ3n) is 3.48. The van der Waals surface area contributed by atoms with Crippen LogP contribution in [0.3, 0.4) is 0 Å². The number of nitrogens with one attached hydrogen (secondary N) is 1. The summed E-state index contributed by atoms with van der Waals surface area (Å²) in [7, 11) is 2.66. The number of methoxy groups -OCH3 is 2. The monoisotopic (exact) mass is 283 g/mol. The average molecular weight is 283 g/mol. The average Bonchev–Trinajstić information content (AvgIpc) is 2.43. The molecule has 1 fully saturated rings. The zero-order valence-corrected chi connectivity index (χ0v) is 12.5. The lowest BCUT2D eigenvalue weighted by molar-refractivity contribution is 0.355. The highest BCUT2D eigenvalue weighted by Gasteiger charge is 2.19. The predicted octanol–water partition coefficient (Wildman–Crippen LogP) is 2.34. The van der Waals surface area contributed by atoms with Gasteiger partial charge in [0.15, 0.2) is 11.5 Å². The SMILES string of the molecule is COc1cc(C)c(NC2CCS(=O)CC2)cc1OC. The minimum atomic E-state index is -0.620. The molecule has 0 atom stereocenters. The Kier molecular flexibility index (Phi) is 4.69. The Morgan fingerprint density at radius 2 is 1.74 bits per heavy atom. The van der Waals surface area contributed by atoms with Crippen molar-refractivity contribution in [2.45, 2.75) is 25.8 Å². The lowest BCUT2D eigenvalue weighted by Crippen LogP contribution is -2.29. The van der Waals surface area contributed by atoms with E-state index in [0.717, 1.165) is 47.1 Å². The molecule has 4 nitrogen and oxygen atoms in total. The maximum absolute atomic E-state index is 11.4. The van der Waals surface area contributed by atoms with Crippen LogP contribution in [-0.2, 0) is 10.8 Å². The van der Waals surface area contributed by atoms with Crippen molar-refractivity contribution in [3.63, 3.8) is 0 Å². The highest BCUT2D eigenvalue weighted by molar-refractivity contribution is 7.85. The van der Waals surface area contributed by atoms with Gasteiger partial charge in [0.25, 0.3) is 0 Å². The predicted molar refractivity (Wildman–Crippen MR) is 78.8 cm³/mol. The Morgan fingerprint density at radius 1 is 1.16 bits per heavy atom. The number of anilines is 1. The van der Waals surface area contributed by atoms with Crippen molar-refractivity contribution < 1.29 is 13.7 Å². The van der Waals surface area contributed by atoms with Crippen molar-refractivity contribution in [2.24, 2.45) is 0 Å².